The van der Waals surface area contributed by atoms with Gasteiger partial charge in [0, 0.05) is 24.9 Å². The standard InChI is InChI=1S/C15H20N2O3/c1-9(2)17-13(18)5-4-11(15(19)20)14(17)12-8-16-7-6-10(12)3/h6-9,11,14H,4-5H2,1-3H3,(H,19,20). The van der Waals surface area contributed by atoms with E-state index in [1.807, 2.05) is 26.8 Å². The Bertz CT molecular complexity index is 528. The SMILES string of the molecule is Cc1ccncc1C1C(C(=O)O)CCC(=O)N1C(C)C. The minimum Gasteiger partial charge on any atom is -0.481 e. The Morgan fingerprint density at radius 3 is 2.75 bits per heavy atom. The molecular formula is C15H20N2O3. The van der Waals surface area contributed by atoms with Crippen LogP contribution in [0.5, 0.6) is 0 Å². The second-order valence-corrected chi connectivity index (χ2v) is 5.56. The van der Waals surface area contributed by atoms with Crippen molar-refractivity contribution in [3.8, 4) is 0 Å². The lowest BCUT2D eigenvalue weighted by molar-refractivity contribution is -0.153. The third kappa shape index (κ3) is 2.53. The van der Waals surface area contributed by atoms with Crippen LogP contribution in [0.4, 0.5) is 0 Å². The van der Waals surface area contributed by atoms with Gasteiger partial charge >= 0.3 is 5.97 Å². The zero-order chi connectivity index (χ0) is 14.9. The number of piperidine rings is 1. The maximum Gasteiger partial charge on any atom is 0.308 e. The molecular weight excluding hydrogens is 256 g/mol. The predicted molar refractivity (Wildman–Crippen MR) is 74.1 cm³/mol. The van der Waals surface area contributed by atoms with E-state index in [2.05, 4.69) is 4.98 Å². The number of aliphatic carboxylic acids is 1. The highest BCUT2D eigenvalue weighted by molar-refractivity contribution is 5.82. The molecule has 0 aliphatic carbocycles. The van der Waals surface area contributed by atoms with Crippen molar-refractivity contribution >= 4 is 11.9 Å². The van der Waals surface area contributed by atoms with E-state index in [4.69, 9.17) is 0 Å². The van der Waals surface area contributed by atoms with Crippen molar-refractivity contribution in [2.24, 2.45) is 5.92 Å². The van der Waals surface area contributed by atoms with Crippen molar-refractivity contribution in [3.05, 3.63) is 29.6 Å². The molecule has 20 heavy (non-hydrogen) atoms. The van der Waals surface area contributed by atoms with Gasteiger partial charge in [0.25, 0.3) is 0 Å². The normalized spacial score (nSPS) is 23.2. The van der Waals surface area contributed by atoms with Crippen LogP contribution in [-0.4, -0.2) is 32.9 Å². The van der Waals surface area contributed by atoms with E-state index in [0.717, 1.165) is 11.1 Å². The lowest BCUT2D eigenvalue weighted by Crippen LogP contribution is -2.48. The molecule has 1 saturated heterocycles. The van der Waals surface area contributed by atoms with E-state index < -0.39 is 17.9 Å². The summed E-state index contributed by atoms with van der Waals surface area (Å²) in [6, 6.07) is 1.39. The summed E-state index contributed by atoms with van der Waals surface area (Å²) in [5.74, 6) is -1.40. The van der Waals surface area contributed by atoms with Crippen molar-refractivity contribution in [2.45, 2.75) is 45.7 Å². The molecule has 1 aliphatic heterocycles. The topological polar surface area (TPSA) is 70.5 Å². The van der Waals surface area contributed by atoms with Gasteiger partial charge in [-0.3, -0.25) is 14.6 Å². The molecule has 0 aromatic carbocycles. The van der Waals surface area contributed by atoms with Crippen LogP contribution in [0.1, 0.15) is 43.9 Å². The van der Waals surface area contributed by atoms with Crippen molar-refractivity contribution in [3.63, 3.8) is 0 Å². The Kier molecular flexibility index (Phi) is 4.06. The zero-order valence-electron chi connectivity index (χ0n) is 12.0. The van der Waals surface area contributed by atoms with Crippen LogP contribution < -0.4 is 0 Å². The maximum absolute atomic E-state index is 12.2. The highest BCUT2D eigenvalue weighted by atomic mass is 16.4. The molecule has 1 aliphatic rings. The van der Waals surface area contributed by atoms with Crippen molar-refractivity contribution in [1.82, 2.24) is 9.88 Å². The van der Waals surface area contributed by atoms with Crippen LogP contribution in [0.3, 0.4) is 0 Å². The highest BCUT2D eigenvalue weighted by Gasteiger charge is 2.42. The number of hydrogen-bond acceptors (Lipinski definition) is 3. The Balaban J connectivity index is 2.52. The fraction of sp³-hybridized carbons (Fsp3) is 0.533. The first-order valence-electron chi connectivity index (χ1n) is 6.88. The van der Waals surface area contributed by atoms with Crippen LogP contribution in [0.15, 0.2) is 18.5 Å². The summed E-state index contributed by atoms with van der Waals surface area (Å²) in [6.07, 6.45) is 4.05. The molecule has 0 saturated carbocycles. The summed E-state index contributed by atoms with van der Waals surface area (Å²) in [5.41, 5.74) is 1.80. The number of amides is 1. The summed E-state index contributed by atoms with van der Waals surface area (Å²) in [6.45, 7) is 5.76. The van der Waals surface area contributed by atoms with E-state index in [1.54, 1.807) is 17.3 Å². The molecule has 1 aromatic heterocycles. The third-order valence-electron chi connectivity index (χ3n) is 3.91. The number of aromatic nitrogens is 1. The summed E-state index contributed by atoms with van der Waals surface area (Å²) in [7, 11) is 0. The second-order valence-electron chi connectivity index (χ2n) is 5.56. The monoisotopic (exact) mass is 276 g/mol. The maximum atomic E-state index is 12.2. The molecule has 1 amide bonds. The van der Waals surface area contributed by atoms with Crippen molar-refractivity contribution in [2.75, 3.05) is 0 Å². The van der Waals surface area contributed by atoms with Crippen molar-refractivity contribution in [1.29, 1.82) is 0 Å². The molecule has 0 radical (unpaired) electrons. The zero-order valence-corrected chi connectivity index (χ0v) is 12.0. The van der Waals surface area contributed by atoms with Gasteiger partial charge in [-0.05, 0) is 44.4 Å². The molecule has 108 valence electrons. The van der Waals surface area contributed by atoms with Gasteiger partial charge in [0.1, 0.15) is 0 Å². The van der Waals surface area contributed by atoms with Crippen molar-refractivity contribution < 1.29 is 14.7 Å². The van der Waals surface area contributed by atoms with Crippen LogP contribution in [0, 0.1) is 12.8 Å². The lowest BCUT2D eigenvalue weighted by Gasteiger charge is -2.42. The van der Waals surface area contributed by atoms with E-state index in [1.165, 1.54) is 0 Å². The predicted octanol–water partition coefficient (Wildman–Crippen LogP) is 2.16. The number of carboxylic acid groups (broad SMARTS) is 1. The number of likely N-dealkylation sites (tertiary alicyclic amines) is 1. The molecule has 2 unspecified atom stereocenters. The van der Waals surface area contributed by atoms with E-state index in [-0.39, 0.29) is 11.9 Å². The number of pyridine rings is 1. The lowest BCUT2D eigenvalue weighted by atomic mass is 9.82. The number of nitrogens with zero attached hydrogens (tertiary/aromatic N) is 2. The molecule has 2 atom stereocenters. The number of carbonyl (C=O) groups is 2. The minimum atomic E-state index is -0.851. The Morgan fingerprint density at radius 2 is 2.20 bits per heavy atom. The van der Waals surface area contributed by atoms with Gasteiger partial charge in [-0.2, -0.15) is 0 Å². The smallest absolute Gasteiger partial charge is 0.308 e. The first-order valence-corrected chi connectivity index (χ1v) is 6.88. The Morgan fingerprint density at radius 1 is 1.50 bits per heavy atom. The molecule has 2 heterocycles. The summed E-state index contributed by atoms with van der Waals surface area (Å²) < 4.78 is 0. The summed E-state index contributed by atoms with van der Waals surface area (Å²) >= 11 is 0. The fourth-order valence-corrected chi connectivity index (χ4v) is 2.94. The largest absolute Gasteiger partial charge is 0.481 e. The fourth-order valence-electron chi connectivity index (χ4n) is 2.94. The van der Waals surface area contributed by atoms with Gasteiger partial charge in [0.2, 0.25) is 5.91 Å². The van der Waals surface area contributed by atoms with Gasteiger partial charge in [0.05, 0.1) is 12.0 Å². The summed E-state index contributed by atoms with van der Waals surface area (Å²) in [5, 5.41) is 9.49. The van der Waals surface area contributed by atoms with Gasteiger partial charge in [-0.1, -0.05) is 0 Å². The number of hydrogen-bond donors (Lipinski definition) is 1. The third-order valence-corrected chi connectivity index (χ3v) is 3.91. The second kappa shape index (κ2) is 5.61. The van der Waals surface area contributed by atoms with E-state index >= 15 is 0 Å². The molecule has 1 aromatic rings. The first-order chi connectivity index (χ1) is 9.43. The Hall–Kier alpha value is -1.91. The molecule has 2 rings (SSSR count). The quantitative estimate of drug-likeness (QED) is 0.918. The van der Waals surface area contributed by atoms with E-state index in [0.29, 0.717) is 12.8 Å². The molecule has 1 fully saturated rings. The first kappa shape index (κ1) is 14.5. The van der Waals surface area contributed by atoms with Gasteiger partial charge in [0.15, 0.2) is 0 Å². The summed E-state index contributed by atoms with van der Waals surface area (Å²) in [4.78, 5) is 29.6. The molecule has 1 N–H and O–H groups in total. The van der Waals surface area contributed by atoms with Crippen LogP contribution in [0.2, 0.25) is 0 Å². The molecule has 0 spiro atoms. The number of carboxylic acids is 1. The number of carbonyl (C=O) groups excluding carboxylic acids is 1. The van der Waals surface area contributed by atoms with Crippen LogP contribution in [-0.2, 0) is 9.59 Å². The highest BCUT2D eigenvalue weighted by Crippen LogP contribution is 2.39. The minimum absolute atomic E-state index is 0.0192. The van der Waals surface area contributed by atoms with E-state index in [9.17, 15) is 14.7 Å². The van der Waals surface area contributed by atoms with Gasteiger partial charge < -0.3 is 10.0 Å². The van der Waals surface area contributed by atoms with Gasteiger partial charge in [-0.15, -0.1) is 0 Å². The average Bonchev–Trinajstić information content (AvgIpc) is 2.38. The van der Waals surface area contributed by atoms with Crippen LogP contribution in [0.25, 0.3) is 0 Å². The Labute approximate surface area is 118 Å². The number of aryl methyl sites for hydroxylation is 1. The molecule has 0 bridgehead atoms. The number of rotatable bonds is 3. The molecule has 5 heteroatoms. The van der Waals surface area contributed by atoms with Crippen LogP contribution >= 0.6 is 0 Å². The van der Waals surface area contributed by atoms with Gasteiger partial charge in [-0.25, -0.2) is 0 Å². The average molecular weight is 276 g/mol. The molecule has 5 nitrogen and oxygen atoms in total.